The van der Waals surface area contributed by atoms with Crippen LogP contribution in [0.2, 0.25) is 0 Å². The number of nitrogens with one attached hydrogen (secondary N) is 1. The van der Waals surface area contributed by atoms with Crippen molar-refractivity contribution in [3.8, 4) is 0 Å². The quantitative estimate of drug-likeness (QED) is 0.858. The molecular formula is C19H22N2O2S. The van der Waals surface area contributed by atoms with Crippen LogP contribution in [0.25, 0.3) is 0 Å². The number of fused-ring (bicyclic) bond motifs is 1. The van der Waals surface area contributed by atoms with Crippen molar-refractivity contribution in [3.05, 3.63) is 51.2 Å². The number of carbonyl (C=O) groups is 2. The third-order valence-corrected chi connectivity index (χ3v) is 5.48. The van der Waals surface area contributed by atoms with Gasteiger partial charge < -0.3 is 10.2 Å². The lowest BCUT2D eigenvalue weighted by molar-refractivity contribution is 0.0827. The standard InChI is InChI=1S/C19H22N2O2S/c1-21(2)19(23)14-8-6-9-15(11-14)20-18(22)17-12-13-7-4-3-5-10-16(13)24-17/h6,8-9,11-12H,3-5,7,10H2,1-2H3,(H,20,22). The van der Waals surface area contributed by atoms with E-state index in [9.17, 15) is 9.59 Å². The summed E-state index contributed by atoms with van der Waals surface area (Å²) in [7, 11) is 3.43. The fourth-order valence-corrected chi connectivity index (χ4v) is 4.11. The molecule has 0 radical (unpaired) electrons. The Labute approximate surface area is 146 Å². The summed E-state index contributed by atoms with van der Waals surface area (Å²) >= 11 is 1.60. The molecule has 1 N–H and O–H groups in total. The van der Waals surface area contributed by atoms with E-state index >= 15 is 0 Å². The number of rotatable bonds is 3. The van der Waals surface area contributed by atoms with Crippen LogP contribution >= 0.6 is 11.3 Å². The molecule has 1 aromatic carbocycles. The Morgan fingerprint density at radius 1 is 1.08 bits per heavy atom. The van der Waals surface area contributed by atoms with E-state index in [-0.39, 0.29) is 11.8 Å². The van der Waals surface area contributed by atoms with Crippen molar-refractivity contribution in [2.75, 3.05) is 19.4 Å². The van der Waals surface area contributed by atoms with Crippen LogP contribution in [0, 0.1) is 0 Å². The number of aryl methyl sites for hydroxylation is 2. The number of amides is 2. The van der Waals surface area contributed by atoms with Crippen LogP contribution in [0.15, 0.2) is 30.3 Å². The minimum atomic E-state index is -0.0949. The van der Waals surface area contributed by atoms with Crippen LogP contribution in [0.5, 0.6) is 0 Å². The number of anilines is 1. The number of carbonyl (C=O) groups excluding carboxylic acids is 2. The van der Waals surface area contributed by atoms with E-state index < -0.39 is 0 Å². The molecule has 0 spiro atoms. The highest BCUT2D eigenvalue weighted by atomic mass is 32.1. The lowest BCUT2D eigenvalue weighted by Gasteiger charge is -2.11. The van der Waals surface area contributed by atoms with E-state index in [0.29, 0.717) is 11.3 Å². The largest absolute Gasteiger partial charge is 0.345 e. The zero-order valence-electron chi connectivity index (χ0n) is 14.1. The van der Waals surface area contributed by atoms with Gasteiger partial charge in [-0.2, -0.15) is 0 Å². The number of nitrogens with zero attached hydrogens (tertiary/aromatic N) is 1. The minimum absolute atomic E-state index is 0.0751. The van der Waals surface area contributed by atoms with Gasteiger partial charge >= 0.3 is 0 Å². The van der Waals surface area contributed by atoms with E-state index in [0.717, 1.165) is 17.7 Å². The molecule has 1 aliphatic carbocycles. The normalized spacial score (nSPS) is 13.8. The third-order valence-electron chi connectivity index (χ3n) is 4.24. The van der Waals surface area contributed by atoms with Gasteiger partial charge in [0.25, 0.3) is 11.8 Å². The average Bonchev–Trinajstić information content (AvgIpc) is 2.85. The molecule has 1 heterocycles. The van der Waals surface area contributed by atoms with Crippen LogP contribution < -0.4 is 5.32 Å². The molecule has 126 valence electrons. The number of benzene rings is 1. The Balaban J connectivity index is 1.75. The van der Waals surface area contributed by atoms with E-state index in [2.05, 4.69) is 5.32 Å². The first-order valence-corrected chi connectivity index (χ1v) is 9.11. The summed E-state index contributed by atoms with van der Waals surface area (Å²) in [6.45, 7) is 0. The molecule has 1 aliphatic rings. The van der Waals surface area contributed by atoms with E-state index in [1.54, 1.807) is 43.6 Å². The lowest BCUT2D eigenvalue weighted by atomic mass is 10.1. The first-order valence-electron chi connectivity index (χ1n) is 8.29. The average molecular weight is 342 g/mol. The molecule has 0 bridgehead atoms. The van der Waals surface area contributed by atoms with Crippen molar-refractivity contribution < 1.29 is 9.59 Å². The van der Waals surface area contributed by atoms with Crippen LogP contribution in [0.3, 0.4) is 0 Å². The molecular weight excluding hydrogens is 320 g/mol. The second kappa shape index (κ2) is 7.18. The zero-order valence-corrected chi connectivity index (χ0v) is 14.9. The highest BCUT2D eigenvalue weighted by Gasteiger charge is 2.17. The fourth-order valence-electron chi connectivity index (χ4n) is 2.96. The molecule has 3 rings (SSSR count). The van der Waals surface area contributed by atoms with Gasteiger partial charge in [0.15, 0.2) is 0 Å². The maximum atomic E-state index is 12.5. The Hall–Kier alpha value is -2.14. The molecule has 0 fully saturated rings. The topological polar surface area (TPSA) is 49.4 Å². The maximum Gasteiger partial charge on any atom is 0.265 e. The van der Waals surface area contributed by atoms with E-state index in [1.807, 2.05) is 12.1 Å². The van der Waals surface area contributed by atoms with Gasteiger partial charge in [0.05, 0.1) is 4.88 Å². The molecule has 0 unspecified atom stereocenters. The predicted molar refractivity (Wildman–Crippen MR) is 98.0 cm³/mol. The minimum Gasteiger partial charge on any atom is -0.345 e. The second-order valence-corrected chi connectivity index (χ2v) is 7.49. The molecule has 2 aromatic rings. The Bertz CT molecular complexity index is 741. The molecule has 24 heavy (non-hydrogen) atoms. The Kier molecular flexibility index (Phi) is 5.00. The molecule has 0 atom stereocenters. The van der Waals surface area contributed by atoms with Crippen molar-refractivity contribution in [3.63, 3.8) is 0 Å². The number of hydrogen-bond acceptors (Lipinski definition) is 3. The summed E-state index contributed by atoms with van der Waals surface area (Å²) in [5, 5.41) is 2.92. The molecule has 5 heteroatoms. The van der Waals surface area contributed by atoms with Gasteiger partial charge in [0, 0.05) is 30.2 Å². The van der Waals surface area contributed by atoms with Crippen LogP contribution in [0.4, 0.5) is 5.69 Å². The third kappa shape index (κ3) is 3.67. The van der Waals surface area contributed by atoms with Gasteiger partial charge in [0.2, 0.25) is 0 Å². The monoisotopic (exact) mass is 342 g/mol. The van der Waals surface area contributed by atoms with Gasteiger partial charge in [-0.05, 0) is 55.5 Å². The predicted octanol–water partition coefficient (Wildman–Crippen LogP) is 3.97. The zero-order chi connectivity index (χ0) is 17.1. The summed E-state index contributed by atoms with van der Waals surface area (Å²) < 4.78 is 0. The van der Waals surface area contributed by atoms with Crippen molar-refractivity contribution in [2.24, 2.45) is 0 Å². The summed E-state index contributed by atoms with van der Waals surface area (Å²) in [5.74, 6) is -0.170. The van der Waals surface area contributed by atoms with Gasteiger partial charge in [-0.3, -0.25) is 9.59 Å². The van der Waals surface area contributed by atoms with Crippen LogP contribution in [-0.2, 0) is 12.8 Å². The van der Waals surface area contributed by atoms with Crippen molar-refractivity contribution in [1.82, 2.24) is 4.90 Å². The summed E-state index contributed by atoms with van der Waals surface area (Å²) in [6.07, 6.45) is 5.85. The number of hydrogen-bond donors (Lipinski definition) is 1. The molecule has 0 aliphatic heterocycles. The molecule has 1 aromatic heterocycles. The number of thiophene rings is 1. The molecule has 0 saturated carbocycles. The maximum absolute atomic E-state index is 12.5. The summed E-state index contributed by atoms with van der Waals surface area (Å²) in [6, 6.07) is 9.11. The smallest absolute Gasteiger partial charge is 0.265 e. The van der Waals surface area contributed by atoms with Gasteiger partial charge in [-0.25, -0.2) is 0 Å². The van der Waals surface area contributed by atoms with Crippen LogP contribution in [0.1, 0.15) is 49.7 Å². The first kappa shape index (κ1) is 16.7. The highest BCUT2D eigenvalue weighted by Crippen LogP contribution is 2.29. The summed E-state index contributed by atoms with van der Waals surface area (Å²) in [4.78, 5) is 28.2. The van der Waals surface area contributed by atoms with Crippen LogP contribution in [-0.4, -0.2) is 30.8 Å². The lowest BCUT2D eigenvalue weighted by Crippen LogP contribution is -2.21. The Morgan fingerprint density at radius 2 is 1.88 bits per heavy atom. The summed E-state index contributed by atoms with van der Waals surface area (Å²) in [5.41, 5.74) is 2.55. The fraction of sp³-hybridized carbons (Fsp3) is 0.368. The van der Waals surface area contributed by atoms with E-state index in [4.69, 9.17) is 0 Å². The van der Waals surface area contributed by atoms with Crippen molar-refractivity contribution >= 4 is 28.8 Å². The van der Waals surface area contributed by atoms with E-state index in [1.165, 1.54) is 34.6 Å². The van der Waals surface area contributed by atoms with Gasteiger partial charge in [0.1, 0.15) is 0 Å². The van der Waals surface area contributed by atoms with Crippen molar-refractivity contribution in [2.45, 2.75) is 32.1 Å². The second-order valence-electron chi connectivity index (χ2n) is 6.35. The first-order chi connectivity index (χ1) is 11.5. The Morgan fingerprint density at radius 3 is 2.67 bits per heavy atom. The molecule has 0 saturated heterocycles. The SMILES string of the molecule is CN(C)C(=O)c1cccc(NC(=O)c2cc3c(s2)CCCCC3)c1. The van der Waals surface area contributed by atoms with Gasteiger partial charge in [-0.15, -0.1) is 11.3 Å². The molecule has 2 amide bonds. The highest BCUT2D eigenvalue weighted by molar-refractivity contribution is 7.14. The van der Waals surface area contributed by atoms with Gasteiger partial charge in [-0.1, -0.05) is 12.5 Å². The molecule has 4 nitrogen and oxygen atoms in total. The van der Waals surface area contributed by atoms with Crippen molar-refractivity contribution in [1.29, 1.82) is 0 Å².